The summed E-state index contributed by atoms with van der Waals surface area (Å²) in [4.78, 5) is 77.5. The van der Waals surface area contributed by atoms with Gasteiger partial charge in [0.05, 0.1) is 62.5 Å². The van der Waals surface area contributed by atoms with Crippen molar-refractivity contribution in [1.82, 2.24) is 20.6 Å². The fourth-order valence-corrected chi connectivity index (χ4v) is 10.1. The first kappa shape index (κ1) is 103. The van der Waals surface area contributed by atoms with Crippen molar-refractivity contribution < 1.29 is 74.0 Å². The van der Waals surface area contributed by atoms with E-state index in [-0.39, 0.29) is 28.9 Å². The average molecular weight is 1590 g/mol. The summed E-state index contributed by atoms with van der Waals surface area (Å²) in [7, 11) is 10.6. The molecular formula is C87H124F8N8O10. The molecule has 0 bridgehead atoms. The number of carboxylic acids is 2. The highest BCUT2D eigenvalue weighted by molar-refractivity contribution is 5.97. The van der Waals surface area contributed by atoms with Crippen LogP contribution < -0.4 is 42.7 Å². The second kappa shape index (κ2) is 63.9. The Hall–Kier alpha value is -9.56. The van der Waals surface area contributed by atoms with Crippen molar-refractivity contribution in [2.45, 2.75) is 178 Å². The van der Waals surface area contributed by atoms with E-state index in [1.165, 1.54) is 105 Å². The highest BCUT2D eigenvalue weighted by Gasteiger charge is 2.37. The summed E-state index contributed by atoms with van der Waals surface area (Å²) in [5.74, 6) is 2.03. The normalized spacial score (nSPS) is 16.3. The highest BCUT2D eigenvalue weighted by atomic mass is 18.2. The molecule has 0 saturated heterocycles. The lowest BCUT2D eigenvalue weighted by Crippen LogP contribution is -2.32. The molecule has 8 aliphatic rings. The van der Waals surface area contributed by atoms with Gasteiger partial charge in [-0.2, -0.15) is 0 Å². The minimum absolute atomic E-state index is 0.0671. The number of amides is 2. The maximum Gasteiger partial charge on any atom is 0.320 e. The van der Waals surface area contributed by atoms with Gasteiger partial charge in [-0.1, -0.05) is 123 Å². The fraction of sp³-hybridized carbons (Fsp3) is 0.494. The van der Waals surface area contributed by atoms with Crippen LogP contribution in [0.3, 0.4) is 0 Å². The van der Waals surface area contributed by atoms with Crippen LogP contribution in [0.1, 0.15) is 167 Å². The molecule has 2 heterocycles. The maximum atomic E-state index is 12.8. The lowest BCUT2D eigenvalue weighted by Gasteiger charge is -2.26. The van der Waals surface area contributed by atoms with Crippen LogP contribution in [0.4, 0.5) is 35.1 Å². The van der Waals surface area contributed by atoms with Gasteiger partial charge in [-0.25, -0.2) is 4.39 Å². The van der Waals surface area contributed by atoms with E-state index in [9.17, 15) is 63.9 Å². The van der Waals surface area contributed by atoms with Crippen LogP contribution in [0, 0.1) is 23.7 Å². The number of hydrogen-bond donors (Lipinski definition) is 8. The molecule has 2 aromatic heterocycles. The van der Waals surface area contributed by atoms with Crippen molar-refractivity contribution in [3.63, 3.8) is 0 Å². The van der Waals surface area contributed by atoms with Crippen molar-refractivity contribution in [1.29, 1.82) is 0 Å². The number of carbonyl (C=O) groups excluding carboxylic acids is 2. The molecule has 2 amide bonds. The number of nitrogens with zero attached hydrogens (tertiary/aromatic N) is 2. The number of H-pyrrole nitrogens is 2. The largest absolute Gasteiger partial charge is 0.490 e. The molecule has 0 radical (unpaired) electrons. The number of benzene rings is 4. The number of nitrogens with one attached hydrogen (secondary N) is 4. The Morgan fingerprint density at radius 2 is 0.779 bits per heavy atom. The zero-order valence-corrected chi connectivity index (χ0v) is 67.7. The number of ether oxygens (including phenoxy) is 2. The number of rotatable bonds is 20. The summed E-state index contributed by atoms with van der Waals surface area (Å²) in [6.07, 6.45) is 37.1. The van der Waals surface area contributed by atoms with Gasteiger partial charge < -0.3 is 51.8 Å². The van der Waals surface area contributed by atoms with Crippen LogP contribution in [-0.2, 0) is 44.9 Å². The van der Waals surface area contributed by atoms with Gasteiger partial charge in [-0.3, -0.25) is 69.5 Å². The van der Waals surface area contributed by atoms with E-state index >= 15 is 0 Å². The first-order valence-electron chi connectivity index (χ1n) is 37.9. The number of hydrogen-bond acceptors (Lipinski definition) is 12. The first-order chi connectivity index (χ1) is 54.8. The Bertz CT molecular complexity index is 3570. The molecule has 4 unspecified atom stereocenters. The topological polar surface area (TPSA) is 294 Å². The van der Waals surface area contributed by atoms with Gasteiger partial charge >= 0.3 is 11.9 Å². The van der Waals surface area contributed by atoms with Crippen molar-refractivity contribution >= 4 is 59.5 Å². The molecule has 113 heavy (non-hydrogen) atoms. The number of pyridine rings is 2. The molecule has 6 aromatic rings. The monoisotopic (exact) mass is 1580 g/mol. The molecule has 14 rings (SSSR count). The van der Waals surface area contributed by atoms with Gasteiger partial charge in [0.2, 0.25) is 22.9 Å². The summed E-state index contributed by atoms with van der Waals surface area (Å²) >= 11 is 0. The number of aromatic amines is 2. The van der Waals surface area contributed by atoms with Crippen LogP contribution in [-0.4, -0.2) is 164 Å². The Morgan fingerprint density at radius 3 is 1.00 bits per heavy atom. The highest BCUT2D eigenvalue weighted by Crippen LogP contribution is 2.37. The van der Waals surface area contributed by atoms with Crippen LogP contribution in [0.2, 0.25) is 0 Å². The second-order valence-corrected chi connectivity index (χ2v) is 26.5. The molecule has 18 nitrogen and oxygen atoms in total. The Morgan fingerprint density at radius 1 is 0.451 bits per heavy atom. The van der Waals surface area contributed by atoms with E-state index in [2.05, 4.69) is 73.1 Å². The number of carbonyl (C=O) groups is 4. The molecule has 4 aromatic carbocycles. The van der Waals surface area contributed by atoms with Crippen LogP contribution in [0.15, 0.2) is 153 Å². The molecule has 26 heteroatoms. The van der Waals surface area contributed by atoms with E-state index in [4.69, 9.17) is 31.2 Å². The van der Waals surface area contributed by atoms with Crippen molar-refractivity contribution in [2.24, 2.45) is 45.1 Å². The minimum Gasteiger partial charge on any atom is -0.490 e. The summed E-state index contributed by atoms with van der Waals surface area (Å²) in [5.41, 5.74) is 22.2. The fourth-order valence-electron chi connectivity index (χ4n) is 10.1. The molecule has 8 aliphatic carbocycles. The predicted molar refractivity (Wildman–Crippen MR) is 443 cm³/mol. The zero-order valence-electron chi connectivity index (χ0n) is 67.7. The number of halogens is 8. The second-order valence-electron chi connectivity index (χ2n) is 26.5. The zero-order chi connectivity index (χ0) is 84.9. The van der Waals surface area contributed by atoms with E-state index in [1.54, 1.807) is 38.6 Å². The van der Waals surface area contributed by atoms with Crippen LogP contribution in [0.5, 0.6) is 11.5 Å². The number of alkyl halides is 8. The Labute approximate surface area is 663 Å². The van der Waals surface area contributed by atoms with Gasteiger partial charge in [0.25, 0.3) is 0 Å². The van der Waals surface area contributed by atoms with Crippen molar-refractivity contribution in [2.75, 3.05) is 78.4 Å². The third-order valence-electron chi connectivity index (χ3n) is 18.1. The number of carboxylic acid groups (broad SMARTS) is 2. The van der Waals surface area contributed by atoms with Crippen molar-refractivity contribution in [3.05, 3.63) is 199 Å². The van der Waals surface area contributed by atoms with E-state index < -0.39 is 30.2 Å². The van der Waals surface area contributed by atoms with Gasteiger partial charge in [-0.15, -0.1) is 0 Å². The first-order valence-corrected chi connectivity index (χ1v) is 37.9. The Balaban J connectivity index is 0.00000128. The summed E-state index contributed by atoms with van der Waals surface area (Å²) in [6, 6.07) is 36.9. The lowest BCUT2D eigenvalue weighted by atomic mass is 9.81. The standard InChI is InChI=1S/C18H19NO.C17H16FNO.C13H17NO3.C12H15NO3.C6H11NO.C5H9NO.C5H9N.C4H7N.7CH3F/c20-18-11-10-17(13-19-18)9-6-14-4-7-16(8-5-14)12-15-2-1-3-15;18-16-10-15(16)9-13-4-1-12(2-5-13)3-6-14-7-8-17(20)19-11-14;14-12(13(15)16)8-9-4-6-11(7-5-9)17-10-2-1-3-10;13-11(12(14)15)7-8-1-3-9(4-2-8)16-10-5-6-10;1-7-6(8)5-3-2-4-5;1-6-5(7)4-2-3-4;1-6-5-3-2-4-5;1-5-4-2-3-4;7*1-2/h4-11,13,15H,1-3,12H2,(H,19,20);1-8,11,15-16H,9-10H2,(H,19,20);4-7,10,12H,1-3,8,14H2,(H,15,16);1-4,10-11H,5-7,13H2,(H,14,15);5H,2-4H2,1H3,(H,7,8);4H,2-3H2,1H3,(H,6,7);2-4H2,1H3;2-3H2,1H3;7*1H3/b9-6+;6-3+;;;;;;;;;;;;;/i;18-1;;;;;;;7*2-1. The molecule has 4 atom stereocenters. The van der Waals surface area contributed by atoms with Crippen LogP contribution >= 0.6 is 0 Å². The molecular weight excluding hydrogens is 1460 g/mol. The third-order valence-corrected chi connectivity index (χ3v) is 18.1. The van der Waals surface area contributed by atoms with E-state index in [0.29, 0.717) is 93.5 Å². The third kappa shape index (κ3) is 47.5. The van der Waals surface area contributed by atoms with Gasteiger partial charge in [-0.05, 0) is 215 Å². The lowest BCUT2D eigenvalue weighted by molar-refractivity contribution is -0.139. The summed E-state index contributed by atoms with van der Waals surface area (Å²) in [5, 5.41) is 22.6. The number of aromatic nitrogens is 2. The van der Waals surface area contributed by atoms with Crippen LogP contribution in [0.25, 0.3) is 24.3 Å². The number of aliphatic carboxylic acids is 2. The molecule has 0 aliphatic heterocycles. The number of nitrogens with two attached hydrogens (primary N) is 2. The predicted octanol–water partition coefficient (Wildman–Crippen LogP) is 17.0. The smallest absolute Gasteiger partial charge is 0.320 e. The molecule has 10 N–H and O–H groups in total. The quantitative estimate of drug-likeness (QED) is 0.0331. The number of aliphatic imine (C=N–C) groups is 2. The summed E-state index contributed by atoms with van der Waals surface area (Å²) < 4.78 is 90.6. The van der Waals surface area contributed by atoms with Gasteiger partial charge in [0.15, 0.2) is 0 Å². The molecule has 628 valence electrons. The van der Waals surface area contributed by atoms with Gasteiger partial charge in [0.1, 0.15) is 29.8 Å². The SMILES string of the molecule is CN=C1CC1.CN=C1CCC1.CNC(=O)C1CC1.CNC(=O)C1CCC1.C[18F].C[18F].C[18F].C[18F].C[18F].C[18F].C[18F].NC(Cc1ccc(OC2CC2)cc1)C(=O)O.NC(Cc1ccc(OC2CCC2)cc1)C(=O)O.O=c1ccc(/C=C/c2ccc(CC3CC3[18F])cc2)c[nH]1.O=c1ccc(/C=C/c2ccc(CC3CCC3)cc2)c[nH]1. The maximum absolute atomic E-state index is 12.8. The molecule has 0 spiro atoms. The van der Waals surface area contributed by atoms with E-state index in [0.717, 1.165) is 103 Å². The van der Waals surface area contributed by atoms with Gasteiger partial charge in [0, 0.05) is 76.0 Å². The van der Waals surface area contributed by atoms with E-state index in [1.807, 2.05) is 99.1 Å². The average Bonchev–Trinajstić information content (AvgIpc) is 1.73. The summed E-state index contributed by atoms with van der Waals surface area (Å²) in [6.45, 7) is 0. The Kier molecular flexibility index (Phi) is 58.5. The molecule has 8 saturated carbocycles. The molecule has 8 fully saturated rings. The van der Waals surface area contributed by atoms with Crippen molar-refractivity contribution in [3.8, 4) is 11.5 Å². The minimum atomic E-state index is -0.974.